The molecule has 0 spiro atoms. The standard InChI is InChI=1S/C2H6Cl2N2.ClH/c3-1(5)2(4)6;/h1-2H,5-6H2;1H. The highest BCUT2D eigenvalue weighted by Crippen LogP contribution is 1.94. The highest BCUT2D eigenvalue weighted by atomic mass is 35.5. The molecule has 0 aliphatic heterocycles. The van der Waals surface area contributed by atoms with E-state index in [1.807, 2.05) is 0 Å². The van der Waals surface area contributed by atoms with Gasteiger partial charge in [0.1, 0.15) is 11.0 Å². The fourth-order valence-corrected chi connectivity index (χ4v) is 0. The molecule has 0 heterocycles. The van der Waals surface area contributed by atoms with Gasteiger partial charge in [-0.15, -0.1) is 35.6 Å². The molecule has 0 saturated heterocycles. The maximum absolute atomic E-state index is 5.13. The van der Waals surface area contributed by atoms with Gasteiger partial charge >= 0.3 is 0 Å². The van der Waals surface area contributed by atoms with Crippen LogP contribution in [0.15, 0.2) is 0 Å². The Morgan fingerprint density at radius 2 is 1.14 bits per heavy atom. The Morgan fingerprint density at radius 1 is 1.00 bits per heavy atom. The third-order valence-corrected chi connectivity index (χ3v) is 0.976. The van der Waals surface area contributed by atoms with Crippen LogP contribution in [0.25, 0.3) is 0 Å². The lowest BCUT2D eigenvalue weighted by Gasteiger charge is -2.01. The molecule has 5 heteroatoms. The van der Waals surface area contributed by atoms with E-state index in [9.17, 15) is 0 Å². The molecule has 0 aromatic carbocycles. The predicted molar refractivity (Wildman–Crippen MR) is 34.9 cm³/mol. The number of nitrogens with two attached hydrogens (primary N) is 2. The summed E-state index contributed by atoms with van der Waals surface area (Å²) in [5.41, 5.74) is 8.62. The van der Waals surface area contributed by atoms with Crippen LogP contribution in [0.4, 0.5) is 0 Å². The number of hydrogen-bond donors (Lipinski definition) is 2. The first-order valence-corrected chi connectivity index (χ1v) is 2.31. The van der Waals surface area contributed by atoms with Gasteiger partial charge in [0, 0.05) is 0 Å². The zero-order chi connectivity index (χ0) is 5.15. The minimum Gasteiger partial charge on any atom is -0.313 e. The van der Waals surface area contributed by atoms with Gasteiger partial charge in [-0.25, -0.2) is 0 Å². The third-order valence-electron chi connectivity index (χ3n) is 0.304. The van der Waals surface area contributed by atoms with E-state index in [4.69, 9.17) is 34.7 Å². The number of rotatable bonds is 1. The van der Waals surface area contributed by atoms with E-state index in [1.54, 1.807) is 0 Å². The van der Waals surface area contributed by atoms with Gasteiger partial charge in [-0.05, 0) is 0 Å². The summed E-state index contributed by atoms with van der Waals surface area (Å²) in [6.07, 6.45) is 0. The van der Waals surface area contributed by atoms with Crippen molar-refractivity contribution in [3.8, 4) is 0 Å². The summed E-state index contributed by atoms with van der Waals surface area (Å²) < 4.78 is 0. The molecule has 0 rings (SSSR count). The zero-order valence-electron chi connectivity index (χ0n) is 3.47. The van der Waals surface area contributed by atoms with Crippen LogP contribution in [0.3, 0.4) is 0 Å². The van der Waals surface area contributed by atoms with Crippen LogP contribution in [0.2, 0.25) is 0 Å². The lowest BCUT2D eigenvalue weighted by Crippen LogP contribution is -2.31. The van der Waals surface area contributed by atoms with E-state index >= 15 is 0 Å². The Hall–Kier alpha value is 0.790. The van der Waals surface area contributed by atoms with Crippen molar-refractivity contribution in [1.82, 2.24) is 0 Å². The number of halogens is 3. The first-order valence-electron chi connectivity index (χ1n) is 1.44. The van der Waals surface area contributed by atoms with Crippen molar-refractivity contribution in [2.45, 2.75) is 11.0 Å². The summed E-state index contributed by atoms with van der Waals surface area (Å²) >= 11 is 10.3. The maximum atomic E-state index is 5.13. The lowest BCUT2D eigenvalue weighted by molar-refractivity contribution is 0.833. The Bertz CT molecular complexity index is 31.9. The van der Waals surface area contributed by atoms with Crippen molar-refractivity contribution in [1.29, 1.82) is 0 Å². The lowest BCUT2D eigenvalue weighted by atomic mass is 10.7. The van der Waals surface area contributed by atoms with Crippen LogP contribution in [0.5, 0.6) is 0 Å². The largest absolute Gasteiger partial charge is 0.313 e. The average Bonchev–Trinajstić information content (AvgIpc) is 1.36. The van der Waals surface area contributed by atoms with Gasteiger partial charge in [-0.1, -0.05) is 0 Å². The fraction of sp³-hybridized carbons (Fsp3) is 1.00. The summed E-state index contributed by atoms with van der Waals surface area (Å²) in [5, 5.41) is 0. The summed E-state index contributed by atoms with van der Waals surface area (Å²) in [4.78, 5) is 0. The molecule has 0 aromatic heterocycles. The molecule has 46 valence electrons. The highest BCUT2D eigenvalue weighted by molar-refractivity contribution is 6.29. The smallest absolute Gasteiger partial charge is 0.109 e. The minimum absolute atomic E-state index is 0. The van der Waals surface area contributed by atoms with E-state index in [2.05, 4.69) is 0 Å². The molecule has 2 unspecified atom stereocenters. The molecule has 0 amide bonds. The molecule has 0 saturated carbocycles. The van der Waals surface area contributed by atoms with Crippen LogP contribution >= 0.6 is 35.6 Å². The van der Waals surface area contributed by atoms with Crippen molar-refractivity contribution in [3.63, 3.8) is 0 Å². The van der Waals surface area contributed by atoms with Gasteiger partial charge in [-0.3, -0.25) is 0 Å². The Balaban J connectivity index is 0. The number of alkyl halides is 2. The van der Waals surface area contributed by atoms with E-state index in [0.717, 1.165) is 0 Å². The number of hydrogen-bond acceptors (Lipinski definition) is 2. The van der Waals surface area contributed by atoms with Gasteiger partial charge in [0.05, 0.1) is 0 Å². The summed E-state index contributed by atoms with van der Waals surface area (Å²) in [7, 11) is 0. The van der Waals surface area contributed by atoms with Crippen molar-refractivity contribution >= 4 is 35.6 Å². The van der Waals surface area contributed by atoms with Crippen molar-refractivity contribution in [3.05, 3.63) is 0 Å². The van der Waals surface area contributed by atoms with Crippen LogP contribution in [0.1, 0.15) is 0 Å². The first-order chi connectivity index (χ1) is 2.64. The second-order valence-electron chi connectivity index (χ2n) is 0.889. The van der Waals surface area contributed by atoms with E-state index < -0.39 is 11.0 Å². The second kappa shape index (κ2) is 4.94. The average molecular weight is 165 g/mol. The Kier molecular flexibility index (Phi) is 7.56. The molecular weight excluding hydrogens is 158 g/mol. The van der Waals surface area contributed by atoms with Gasteiger partial charge in [0.2, 0.25) is 0 Å². The predicted octanol–water partition coefficient (Wildman–Crippen LogP) is 0.455. The van der Waals surface area contributed by atoms with Gasteiger partial charge in [0.25, 0.3) is 0 Å². The minimum atomic E-state index is -0.633. The SMILES string of the molecule is Cl.NC(Cl)C(N)Cl. The molecule has 0 fully saturated rings. The normalized spacial score (nSPS) is 17.1. The van der Waals surface area contributed by atoms with Crippen molar-refractivity contribution < 1.29 is 0 Å². The molecule has 0 bridgehead atoms. The van der Waals surface area contributed by atoms with Crippen molar-refractivity contribution in [2.75, 3.05) is 0 Å². The van der Waals surface area contributed by atoms with Crippen LogP contribution < -0.4 is 11.5 Å². The highest BCUT2D eigenvalue weighted by Gasteiger charge is 2.01. The summed E-state index contributed by atoms with van der Waals surface area (Å²) in [6, 6.07) is 0. The van der Waals surface area contributed by atoms with Gasteiger partial charge in [0.15, 0.2) is 0 Å². The molecular formula is C2H7Cl3N2. The Morgan fingerprint density at radius 3 is 1.14 bits per heavy atom. The van der Waals surface area contributed by atoms with Crippen molar-refractivity contribution in [2.24, 2.45) is 11.5 Å². The molecule has 0 aliphatic rings. The molecule has 7 heavy (non-hydrogen) atoms. The molecule has 2 atom stereocenters. The molecule has 4 N–H and O–H groups in total. The van der Waals surface area contributed by atoms with Crippen LogP contribution in [-0.4, -0.2) is 11.0 Å². The molecule has 0 radical (unpaired) electrons. The summed E-state index contributed by atoms with van der Waals surface area (Å²) in [5.74, 6) is 0. The molecule has 2 nitrogen and oxygen atoms in total. The zero-order valence-corrected chi connectivity index (χ0v) is 5.80. The maximum Gasteiger partial charge on any atom is 0.109 e. The van der Waals surface area contributed by atoms with Gasteiger partial charge in [-0.2, -0.15) is 0 Å². The third kappa shape index (κ3) is 6.79. The monoisotopic (exact) mass is 164 g/mol. The first kappa shape index (κ1) is 10.7. The molecule has 0 aliphatic carbocycles. The van der Waals surface area contributed by atoms with E-state index in [1.165, 1.54) is 0 Å². The van der Waals surface area contributed by atoms with Crippen LogP contribution in [0, 0.1) is 0 Å². The fourth-order valence-electron chi connectivity index (χ4n) is 0. The van der Waals surface area contributed by atoms with E-state index in [-0.39, 0.29) is 12.4 Å². The van der Waals surface area contributed by atoms with E-state index in [0.29, 0.717) is 0 Å². The molecule has 0 aromatic rings. The summed E-state index contributed by atoms with van der Waals surface area (Å²) in [6.45, 7) is 0. The second-order valence-corrected chi connectivity index (χ2v) is 1.90. The quantitative estimate of drug-likeness (QED) is 0.438. The van der Waals surface area contributed by atoms with Gasteiger partial charge < -0.3 is 11.5 Å². The Labute approximate surface area is 58.5 Å². The van der Waals surface area contributed by atoms with Crippen LogP contribution in [-0.2, 0) is 0 Å². The topological polar surface area (TPSA) is 52.0 Å².